The first kappa shape index (κ1) is 22.1. The molecule has 0 saturated heterocycles. The summed E-state index contributed by atoms with van der Waals surface area (Å²) in [7, 11) is 3.07. The Bertz CT molecular complexity index is 935. The van der Waals surface area contributed by atoms with Gasteiger partial charge in [-0.15, -0.1) is 0 Å². The Balaban J connectivity index is 2.21. The molecule has 1 amide bonds. The van der Waals surface area contributed by atoms with Crippen LogP contribution in [0.2, 0.25) is 5.02 Å². The van der Waals surface area contributed by atoms with Crippen molar-refractivity contribution in [3.63, 3.8) is 0 Å². The molecule has 1 N–H and O–H groups in total. The van der Waals surface area contributed by atoms with Gasteiger partial charge in [-0.25, -0.2) is 0 Å². The van der Waals surface area contributed by atoms with E-state index in [1.807, 2.05) is 6.07 Å². The Morgan fingerprint density at radius 2 is 1.86 bits per heavy atom. The molecule has 7 heteroatoms. The van der Waals surface area contributed by atoms with Crippen LogP contribution in [0.15, 0.2) is 42.0 Å². The van der Waals surface area contributed by atoms with E-state index < -0.39 is 5.91 Å². The molecule has 0 spiro atoms. The molecule has 0 radical (unpaired) electrons. The summed E-state index contributed by atoms with van der Waals surface area (Å²) >= 11 is 6.07. The summed E-state index contributed by atoms with van der Waals surface area (Å²) < 4.78 is 16.1. The number of halogens is 1. The van der Waals surface area contributed by atoms with Gasteiger partial charge in [0.25, 0.3) is 5.91 Å². The highest BCUT2D eigenvalue weighted by Gasteiger charge is 2.12. The van der Waals surface area contributed by atoms with Crippen LogP contribution >= 0.6 is 11.6 Å². The van der Waals surface area contributed by atoms with E-state index in [-0.39, 0.29) is 5.57 Å². The maximum Gasteiger partial charge on any atom is 0.266 e. The topological polar surface area (TPSA) is 80.6 Å². The van der Waals surface area contributed by atoms with E-state index in [0.29, 0.717) is 40.1 Å². The number of nitrogens with one attached hydrogen (secondary N) is 1. The van der Waals surface area contributed by atoms with Gasteiger partial charge in [-0.1, -0.05) is 31.0 Å². The highest BCUT2D eigenvalue weighted by Crippen LogP contribution is 2.30. The lowest BCUT2D eigenvalue weighted by molar-refractivity contribution is -0.112. The van der Waals surface area contributed by atoms with Gasteiger partial charge >= 0.3 is 0 Å². The van der Waals surface area contributed by atoms with Crippen molar-refractivity contribution < 1.29 is 19.0 Å². The van der Waals surface area contributed by atoms with Crippen molar-refractivity contribution in [3.05, 3.63) is 52.6 Å². The summed E-state index contributed by atoms with van der Waals surface area (Å²) in [5.41, 5.74) is 1.05. The minimum atomic E-state index is -0.544. The van der Waals surface area contributed by atoms with Crippen molar-refractivity contribution >= 4 is 29.3 Å². The molecule has 0 fully saturated rings. The smallest absolute Gasteiger partial charge is 0.266 e. The number of nitriles is 1. The number of ether oxygens (including phenoxy) is 3. The molecule has 0 bridgehead atoms. The van der Waals surface area contributed by atoms with Crippen LogP contribution in [0, 0.1) is 11.3 Å². The molecular formula is C22H23ClN2O4. The molecule has 0 aliphatic carbocycles. The molecule has 2 aromatic carbocycles. The highest BCUT2D eigenvalue weighted by molar-refractivity contribution is 6.32. The lowest BCUT2D eigenvalue weighted by Crippen LogP contribution is -2.13. The van der Waals surface area contributed by atoms with Crippen LogP contribution in [0.25, 0.3) is 6.08 Å². The molecule has 6 nitrogen and oxygen atoms in total. The van der Waals surface area contributed by atoms with Crippen LogP contribution in [0.4, 0.5) is 5.69 Å². The van der Waals surface area contributed by atoms with Crippen LogP contribution in [0.5, 0.6) is 17.2 Å². The van der Waals surface area contributed by atoms with Crippen LogP contribution in [0.3, 0.4) is 0 Å². The fourth-order valence-corrected chi connectivity index (χ4v) is 2.74. The number of hydrogen-bond acceptors (Lipinski definition) is 5. The first-order valence-corrected chi connectivity index (χ1v) is 9.47. The molecule has 0 aliphatic rings. The predicted octanol–water partition coefficient (Wildman–Crippen LogP) is 5.08. The van der Waals surface area contributed by atoms with E-state index in [2.05, 4.69) is 12.2 Å². The Hall–Kier alpha value is -3.17. The molecule has 2 rings (SSSR count). The number of hydrogen-bond donors (Lipinski definition) is 1. The third-order valence-corrected chi connectivity index (χ3v) is 4.32. The van der Waals surface area contributed by atoms with Gasteiger partial charge in [0.1, 0.15) is 17.4 Å². The zero-order valence-corrected chi connectivity index (χ0v) is 17.4. The normalized spacial score (nSPS) is 10.8. The van der Waals surface area contributed by atoms with Crippen LogP contribution in [0.1, 0.15) is 25.3 Å². The number of methoxy groups -OCH3 is 2. The molecule has 29 heavy (non-hydrogen) atoms. The van der Waals surface area contributed by atoms with E-state index in [1.165, 1.54) is 13.2 Å². The van der Waals surface area contributed by atoms with Crippen molar-refractivity contribution in [2.75, 3.05) is 26.1 Å². The minimum absolute atomic E-state index is 0.0541. The molecule has 0 unspecified atom stereocenters. The Kier molecular flexibility index (Phi) is 8.38. The number of carbonyl (C=O) groups excluding carboxylic acids is 1. The molecule has 0 aromatic heterocycles. The number of anilines is 1. The maximum absolute atomic E-state index is 12.5. The third kappa shape index (κ3) is 6.16. The number of unbranched alkanes of at least 4 members (excludes halogenated alkanes) is 1. The van der Waals surface area contributed by atoms with E-state index in [1.54, 1.807) is 43.5 Å². The van der Waals surface area contributed by atoms with Gasteiger partial charge in [-0.05, 0) is 48.4 Å². The first-order chi connectivity index (χ1) is 14.0. The summed E-state index contributed by atoms with van der Waals surface area (Å²) in [6, 6.07) is 12.0. The van der Waals surface area contributed by atoms with E-state index in [4.69, 9.17) is 25.8 Å². The largest absolute Gasteiger partial charge is 0.495 e. The number of carbonyl (C=O) groups is 1. The fourth-order valence-electron chi connectivity index (χ4n) is 2.48. The van der Waals surface area contributed by atoms with E-state index in [0.717, 1.165) is 12.8 Å². The van der Waals surface area contributed by atoms with Gasteiger partial charge in [0, 0.05) is 5.69 Å². The van der Waals surface area contributed by atoms with Gasteiger partial charge in [0.15, 0.2) is 11.5 Å². The van der Waals surface area contributed by atoms with Crippen molar-refractivity contribution in [2.24, 2.45) is 0 Å². The van der Waals surface area contributed by atoms with E-state index in [9.17, 15) is 10.1 Å². The number of benzene rings is 2. The second kappa shape index (κ2) is 11.0. The highest BCUT2D eigenvalue weighted by atomic mass is 35.5. The second-order valence-electron chi connectivity index (χ2n) is 6.09. The zero-order chi connectivity index (χ0) is 21.2. The average molecular weight is 415 g/mol. The van der Waals surface area contributed by atoms with Crippen LogP contribution < -0.4 is 19.5 Å². The Labute approximate surface area is 175 Å². The zero-order valence-electron chi connectivity index (χ0n) is 16.6. The van der Waals surface area contributed by atoms with Gasteiger partial charge in [0.05, 0.1) is 25.8 Å². The van der Waals surface area contributed by atoms with E-state index >= 15 is 0 Å². The van der Waals surface area contributed by atoms with Gasteiger partial charge < -0.3 is 19.5 Å². The fraction of sp³-hybridized carbons (Fsp3) is 0.273. The minimum Gasteiger partial charge on any atom is -0.495 e. The summed E-state index contributed by atoms with van der Waals surface area (Å²) in [4.78, 5) is 12.5. The molecule has 0 atom stereocenters. The third-order valence-electron chi connectivity index (χ3n) is 4.03. The molecule has 152 valence electrons. The van der Waals surface area contributed by atoms with Gasteiger partial charge in [-0.2, -0.15) is 5.26 Å². The maximum atomic E-state index is 12.5. The second-order valence-corrected chi connectivity index (χ2v) is 6.49. The monoisotopic (exact) mass is 414 g/mol. The summed E-state index contributed by atoms with van der Waals surface area (Å²) in [5.74, 6) is 1.11. The molecule has 2 aromatic rings. The number of rotatable bonds is 9. The lowest BCUT2D eigenvalue weighted by atomic mass is 10.1. The first-order valence-electron chi connectivity index (χ1n) is 9.09. The quantitative estimate of drug-likeness (QED) is 0.351. The van der Waals surface area contributed by atoms with Crippen molar-refractivity contribution in [2.45, 2.75) is 19.8 Å². The van der Waals surface area contributed by atoms with Crippen molar-refractivity contribution in [1.29, 1.82) is 5.26 Å². The Morgan fingerprint density at radius 1 is 1.14 bits per heavy atom. The number of amides is 1. The Morgan fingerprint density at radius 3 is 2.48 bits per heavy atom. The van der Waals surface area contributed by atoms with Crippen LogP contribution in [-0.4, -0.2) is 26.7 Å². The van der Waals surface area contributed by atoms with Crippen molar-refractivity contribution in [1.82, 2.24) is 0 Å². The SMILES string of the molecule is CCCCOc1cc(/C=C(\C#N)C(=O)Nc2ccc(OC)c(Cl)c2)ccc1OC. The standard InChI is InChI=1S/C22H23ClN2O4/c1-4-5-10-29-21-12-15(6-8-20(21)28-3)11-16(14-24)22(26)25-17-7-9-19(27-2)18(23)13-17/h6-9,11-13H,4-5,10H2,1-3H3,(H,25,26)/b16-11+. The lowest BCUT2D eigenvalue weighted by Gasteiger charge is -2.11. The summed E-state index contributed by atoms with van der Waals surface area (Å²) in [5, 5.41) is 12.5. The summed E-state index contributed by atoms with van der Waals surface area (Å²) in [6.07, 6.45) is 3.42. The summed E-state index contributed by atoms with van der Waals surface area (Å²) in [6.45, 7) is 2.64. The number of nitrogens with zero attached hydrogens (tertiary/aromatic N) is 1. The predicted molar refractivity (Wildman–Crippen MR) is 114 cm³/mol. The molecule has 0 heterocycles. The van der Waals surface area contributed by atoms with Crippen molar-refractivity contribution in [3.8, 4) is 23.3 Å². The van der Waals surface area contributed by atoms with Gasteiger partial charge in [-0.3, -0.25) is 4.79 Å². The molecular weight excluding hydrogens is 392 g/mol. The van der Waals surface area contributed by atoms with Gasteiger partial charge in [0.2, 0.25) is 0 Å². The molecule has 0 aliphatic heterocycles. The van der Waals surface area contributed by atoms with Crippen LogP contribution in [-0.2, 0) is 4.79 Å². The average Bonchev–Trinajstić information content (AvgIpc) is 2.72. The molecule has 0 saturated carbocycles.